The van der Waals surface area contributed by atoms with Crippen LogP contribution in [0.4, 0.5) is 8.78 Å². The normalized spacial score (nSPS) is 27.6. The van der Waals surface area contributed by atoms with Crippen LogP contribution in [0, 0.1) is 34.8 Å². The molecule has 1 aromatic carbocycles. The van der Waals surface area contributed by atoms with Crippen molar-refractivity contribution in [1.82, 2.24) is 10.2 Å². The van der Waals surface area contributed by atoms with E-state index in [9.17, 15) is 18.4 Å². The summed E-state index contributed by atoms with van der Waals surface area (Å²) in [5.41, 5.74) is -1.08. The van der Waals surface area contributed by atoms with Crippen LogP contribution in [0.3, 0.4) is 0 Å². The van der Waals surface area contributed by atoms with Crippen molar-refractivity contribution in [3.05, 3.63) is 54.3 Å². The number of azo groups is 1. The van der Waals surface area contributed by atoms with Crippen LogP contribution < -0.4 is 5.32 Å². The molecule has 0 spiro atoms. The average Bonchev–Trinajstić information content (AvgIpc) is 3.42. The predicted molar refractivity (Wildman–Crippen MR) is 127 cm³/mol. The molecule has 0 radical (unpaired) electrons. The van der Waals surface area contributed by atoms with Crippen LogP contribution in [0.15, 0.2) is 47.3 Å². The Balaban J connectivity index is 2.11. The maximum Gasteiger partial charge on any atom is 0.242 e. The molecule has 2 unspecified atom stereocenters. The van der Waals surface area contributed by atoms with Crippen molar-refractivity contribution < 1.29 is 18.4 Å². The largest absolute Gasteiger partial charge is 0.357 e. The van der Waals surface area contributed by atoms with E-state index >= 15 is 0 Å². The molecule has 1 saturated heterocycles. The molecule has 2 aliphatic rings. The van der Waals surface area contributed by atoms with Gasteiger partial charge in [0.15, 0.2) is 0 Å². The minimum Gasteiger partial charge on any atom is -0.357 e. The molecule has 2 fully saturated rings. The fourth-order valence-corrected chi connectivity index (χ4v) is 5.55. The lowest BCUT2D eigenvalue weighted by molar-refractivity contribution is -0.147. The second-order valence-corrected chi connectivity index (χ2v) is 9.71. The molecule has 3 rings (SSSR count). The van der Waals surface area contributed by atoms with Gasteiger partial charge < -0.3 is 10.2 Å². The van der Waals surface area contributed by atoms with Crippen LogP contribution >= 0.6 is 0 Å². The Morgan fingerprint density at radius 3 is 2.53 bits per heavy atom. The van der Waals surface area contributed by atoms with Gasteiger partial charge in [0.2, 0.25) is 11.8 Å². The predicted octanol–water partition coefficient (Wildman–Crippen LogP) is 5.33. The summed E-state index contributed by atoms with van der Waals surface area (Å²) < 4.78 is 29.4. The highest BCUT2D eigenvalue weighted by molar-refractivity contribution is 5.91. The third-order valence-corrected chi connectivity index (χ3v) is 7.41. The zero-order chi connectivity index (χ0) is 25.0. The summed E-state index contributed by atoms with van der Waals surface area (Å²) >= 11 is 0. The lowest BCUT2D eigenvalue weighted by Gasteiger charge is -2.37. The number of carbonyl (C=O) groups is 2. The number of benzene rings is 1. The van der Waals surface area contributed by atoms with Gasteiger partial charge in [-0.2, -0.15) is 10.2 Å². The summed E-state index contributed by atoms with van der Waals surface area (Å²) in [7, 11) is 1.57. The van der Waals surface area contributed by atoms with Crippen molar-refractivity contribution in [1.29, 1.82) is 0 Å². The lowest BCUT2D eigenvalue weighted by Crippen LogP contribution is -2.51. The van der Waals surface area contributed by atoms with E-state index in [4.69, 9.17) is 0 Å². The van der Waals surface area contributed by atoms with Crippen molar-refractivity contribution in [2.45, 2.75) is 52.5 Å². The van der Waals surface area contributed by atoms with E-state index in [0.717, 1.165) is 12.8 Å². The van der Waals surface area contributed by atoms with E-state index in [1.165, 1.54) is 24.4 Å². The van der Waals surface area contributed by atoms with Gasteiger partial charge in [0.1, 0.15) is 17.7 Å². The van der Waals surface area contributed by atoms with Crippen LogP contribution in [0.25, 0.3) is 5.70 Å². The summed E-state index contributed by atoms with van der Waals surface area (Å²) in [6.45, 7) is 10.1. The van der Waals surface area contributed by atoms with E-state index in [-0.39, 0.29) is 40.8 Å². The maximum absolute atomic E-state index is 14.7. The number of carbonyl (C=O) groups excluding carboxylic acids is 2. The zero-order valence-electron chi connectivity index (χ0n) is 20.4. The lowest BCUT2D eigenvalue weighted by atomic mass is 9.72. The van der Waals surface area contributed by atoms with Gasteiger partial charge in [-0.05, 0) is 55.6 Å². The van der Waals surface area contributed by atoms with Gasteiger partial charge in [0.05, 0.1) is 16.7 Å². The first-order valence-electron chi connectivity index (χ1n) is 11.9. The zero-order valence-corrected chi connectivity index (χ0v) is 20.4. The van der Waals surface area contributed by atoms with Gasteiger partial charge in [-0.1, -0.05) is 39.5 Å². The first kappa shape index (κ1) is 25.7. The van der Waals surface area contributed by atoms with Crippen LogP contribution in [0.5, 0.6) is 0 Å². The van der Waals surface area contributed by atoms with Crippen molar-refractivity contribution in [2.75, 3.05) is 13.6 Å². The molecule has 6 nitrogen and oxygen atoms in total. The number of halogens is 2. The first-order chi connectivity index (χ1) is 16.2. The third-order valence-electron chi connectivity index (χ3n) is 7.41. The minimum absolute atomic E-state index is 0.0383. The Morgan fingerprint density at radius 1 is 1.26 bits per heavy atom. The maximum atomic E-state index is 14.7. The molecule has 8 heteroatoms. The molecule has 34 heavy (non-hydrogen) atoms. The summed E-state index contributed by atoms with van der Waals surface area (Å²) in [4.78, 5) is 28.0. The standard InChI is InChI=1S/C26H34F2N4O2/c1-6-30-31-21(23-19(27)9-7-10-20(23)28)15-18-17(16(2)3)12-13-26(18,4)25(34)32-14-8-11-22(32)24(33)29-5/h6-7,9-10,15-18,22H,1,8,11-14H2,2-5H3,(H,29,33)/b21-15-,31-30-/t17-,18?,22?,26-/m0/s1. The SMILES string of the molecule is C=C/N=N\C(=C/C1[C@H](C(C)C)CC[C@]1(C)C(=O)N1CCCC1C(=O)NC)c1c(F)cccc1F. The number of rotatable bonds is 7. The molecule has 184 valence electrons. The second-order valence-electron chi connectivity index (χ2n) is 9.71. The van der Waals surface area contributed by atoms with Gasteiger partial charge in [-0.15, -0.1) is 0 Å². The summed E-state index contributed by atoms with van der Waals surface area (Å²) in [5.74, 6) is -1.79. The molecular formula is C26H34F2N4O2. The molecule has 0 bridgehead atoms. The molecule has 1 aliphatic carbocycles. The van der Waals surface area contributed by atoms with Crippen molar-refractivity contribution >= 4 is 17.5 Å². The highest BCUT2D eigenvalue weighted by Crippen LogP contribution is 2.53. The molecule has 1 aromatic rings. The Morgan fingerprint density at radius 2 is 1.94 bits per heavy atom. The van der Waals surface area contributed by atoms with Gasteiger partial charge in [0, 0.05) is 19.8 Å². The van der Waals surface area contributed by atoms with E-state index in [1.54, 1.807) is 18.0 Å². The van der Waals surface area contributed by atoms with Crippen molar-refractivity contribution in [3.8, 4) is 0 Å². The number of nitrogens with zero attached hydrogens (tertiary/aromatic N) is 3. The monoisotopic (exact) mass is 472 g/mol. The average molecular weight is 473 g/mol. The molecule has 1 saturated carbocycles. The summed E-state index contributed by atoms with van der Waals surface area (Å²) in [6, 6.07) is 3.14. The Labute approximate surface area is 200 Å². The molecule has 1 aliphatic heterocycles. The van der Waals surface area contributed by atoms with E-state index in [1.807, 2.05) is 6.92 Å². The molecule has 4 atom stereocenters. The van der Waals surface area contributed by atoms with Crippen molar-refractivity contribution in [3.63, 3.8) is 0 Å². The van der Waals surface area contributed by atoms with Gasteiger partial charge in [-0.3, -0.25) is 9.59 Å². The number of likely N-dealkylation sites (N-methyl/N-ethyl adjacent to an activating group) is 1. The Hall–Kier alpha value is -2.90. The third kappa shape index (κ3) is 4.81. The van der Waals surface area contributed by atoms with Crippen LogP contribution in [-0.2, 0) is 9.59 Å². The highest BCUT2D eigenvalue weighted by atomic mass is 19.1. The topological polar surface area (TPSA) is 74.1 Å². The number of amides is 2. The van der Waals surface area contributed by atoms with Crippen LogP contribution in [0.1, 0.15) is 52.0 Å². The number of likely N-dealkylation sites (tertiary alicyclic amines) is 1. The molecule has 1 N–H and O–H groups in total. The number of nitrogens with one attached hydrogen (secondary N) is 1. The van der Waals surface area contributed by atoms with E-state index in [2.05, 4.69) is 36.0 Å². The van der Waals surface area contributed by atoms with Crippen LogP contribution in [0.2, 0.25) is 0 Å². The fourth-order valence-electron chi connectivity index (χ4n) is 5.55. The second kappa shape index (κ2) is 10.6. The fraction of sp³-hybridized carbons (Fsp3) is 0.538. The summed E-state index contributed by atoms with van der Waals surface area (Å²) in [5, 5.41) is 10.5. The highest BCUT2D eigenvalue weighted by Gasteiger charge is 2.53. The molecule has 0 aromatic heterocycles. The first-order valence-corrected chi connectivity index (χ1v) is 11.9. The number of hydrogen-bond acceptors (Lipinski definition) is 4. The smallest absolute Gasteiger partial charge is 0.242 e. The summed E-state index contributed by atoms with van der Waals surface area (Å²) in [6.07, 6.45) is 5.67. The van der Waals surface area contributed by atoms with Gasteiger partial charge in [0.25, 0.3) is 0 Å². The molecule has 2 amide bonds. The van der Waals surface area contributed by atoms with Gasteiger partial charge in [-0.25, -0.2) is 8.78 Å². The minimum atomic E-state index is -0.845. The number of allylic oxidation sites excluding steroid dienone is 1. The van der Waals surface area contributed by atoms with Gasteiger partial charge >= 0.3 is 0 Å². The van der Waals surface area contributed by atoms with Crippen molar-refractivity contribution in [2.24, 2.45) is 33.4 Å². The Kier molecular flexibility index (Phi) is 8.00. The van der Waals surface area contributed by atoms with E-state index in [0.29, 0.717) is 19.4 Å². The van der Waals surface area contributed by atoms with Crippen LogP contribution in [-0.4, -0.2) is 36.3 Å². The Bertz CT molecular complexity index is 986. The number of hydrogen-bond donors (Lipinski definition) is 1. The molecular weight excluding hydrogens is 438 g/mol. The molecule has 1 heterocycles. The quantitative estimate of drug-likeness (QED) is 0.545. The van der Waals surface area contributed by atoms with E-state index < -0.39 is 23.1 Å².